The molecule has 0 bridgehead atoms. The van der Waals surface area contributed by atoms with E-state index >= 15 is 0 Å². The number of carbonyl (C=O) groups is 2. The summed E-state index contributed by atoms with van der Waals surface area (Å²) >= 11 is 0. The molecule has 0 aliphatic carbocycles. The lowest BCUT2D eigenvalue weighted by molar-refractivity contribution is -0.149. The molecule has 1 aromatic carbocycles. The number of hydrogen-bond acceptors (Lipinski definition) is 3. The molecule has 1 aromatic rings. The summed E-state index contributed by atoms with van der Waals surface area (Å²) in [4.78, 5) is 27.3. The maximum absolute atomic E-state index is 14.0. The van der Waals surface area contributed by atoms with Crippen molar-refractivity contribution in [2.24, 2.45) is 5.41 Å². The van der Waals surface area contributed by atoms with Crippen molar-refractivity contribution in [3.63, 3.8) is 0 Å². The molecule has 128 valence electrons. The van der Waals surface area contributed by atoms with Crippen LogP contribution in [0.4, 0.5) is 4.39 Å². The second kappa shape index (κ2) is 5.92. The number of likely N-dealkylation sites (tertiary alicyclic amines) is 2. The quantitative estimate of drug-likeness (QED) is 0.793. The van der Waals surface area contributed by atoms with Gasteiger partial charge in [-0.25, -0.2) is 4.39 Å². The fourth-order valence-electron chi connectivity index (χ4n) is 3.32. The number of hydrogen-bond donors (Lipinski definition) is 0. The Morgan fingerprint density at radius 3 is 2.42 bits per heavy atom. The minimum atomic E-state index is -0.531. The van der Waals surface area contributed by atoms with Crippen molar-refractivity contribution < 1.29 is 18.7 Å². The molecule has 2 amide bonds. The van der Waals surface area contributed by atoms with E-state index in [1.54, 1.807) is 15.9 Å². The summed E-state index contributed by atoms with van der Waals surface area (Å²) in [7, 11) is 0. The SMILES string of the molecule is C=CC(=O)N1CC2(C1)CN(C(=O)c1ccc(OC(C)C)c(F)c1)C2. The van der Waals surface area contributed by atoms with E-state index in [1.165, 1.54) is 18.2 Å². The third-order valence-corrected chi connectivity index (χ3v) is 4.42. The van der Waals surface area contributed by atoms with E-state index < -0.39 is 5.82 Å². The van der Waals surface area contributed by atoms with E-state index in [4.69, 9.17) is 4.74 Å². The van der Waals surface area contributed by atoms with Crippen molar-refractivity contribution in [3.05, 3.63) is 42.2 Å². The average molecular weight is 332 g/mol. The first kappa shape index (κ1) is 16.5. The summed E-state index contributed by atoms with van der Waals surface area (Å²) in [5.74, 6) is -0.646. The molecule has 2 fully saturated rings. The molecule has 0 atom stereocenters. The normalized spacial score (nSPS) is 18.2. The van der Waals surface area contributed by atoms with Gasteiger partial charge < -0.3 is 14.5 Å². The van der Waals surface area contributed by atoms with Gasteiger partial charge in [-0.2, -0.15) is 0 Å². The summed E-state index contributed by atoms with van der Waals surface area (Å²) in [5.41, 5.74) is 0.324. The van der Waals surface area contributed by atoms with Crippen LogP contribution in [0.25, 0.3) is 0 Å². The molecule has 3 rings (SSSR count). The summed E-state index contributed by atoms with van der Waals surface area (Å²) in [6.07, 6.45) is 1.17. The number of carbonyl (C=O) groups excluding carboxylic acids is 2. The lowest BCUT2D eigenvalue weighted by Gasteiger charge is -2.59. The zero-order chi connectivity index (χ0) is 17.5. The van der Waals surface area contributed by atoms with E-state index in [-0.39, 0.29) is 29.1 Å². The molecule has 0 unspecified atom stereocenters. The molecule has 2 heterocycles. The number of rotatable bonds is 4. The van der Waals surface area contributed by atoms with Crippen LogP contribution < -0.4 is 4.74 Å². The molecule has 2 saturated heterocycles. The van der Waals surface area contributed by atoms with Crippen LogP contribution in [0.3, 0.4) is 0 Å². The van der Waals surface area contributed by atoms with E-state index in [1.807, 2.05) is 13.8 Å². The highest BCUT2D eigenvalue weighted by Crippen LogP contribution is 2.40. The molecule has 0 N–H and O–H groups in total. The zero-order valence-electron chi connectivity index (χ0n) is 13.9. The second-order valence-corrected chi connectivity index (χ2v) is 6.87. The largest absolute Gasteiger partial charge is 0.488 e. The Morgan fingerprint density at radius 1 is 1.25 bits per heavy atom. The van der Waals surface area contributed by atoms with Crippen LogP contribution in [0.5, 0.6) is 5.75 Å². The van der Waals surface area contributed by atoms with Gasteiger partial charge in [0.05, 0.1) is 6.10 Å². The fourth-order valence-corrected chi connectivity index (χ4v) is 3.32. The Balaban J connectivity index is 1.58. The van der Waals surface area contributed by atoms with Gasteiger partial charge in [-0.15, -0.1) is 0 Å². The third kappa shape index (κ3) is 2.88. The molecular weight excluding hydrogens is 311 g/mol. The molecule has 2 aliphatic rings. The highest BCUT2D eigenvalue weighted by atomic mass is 19.1. The second-order valence-electron chi connectivity index (χ2n) is 6.87. The van der Waals surface area contributed by atoms with Gasteiger partial charge in [-0.3, -0.25) is 9.59 Å². The van der Waals surface area contributed by atoms with Gasteiger partial charge in [-0.1, -0.05) is 6.58 Å². The minimum Gasteiger partial charge on any atom is -0.488 e. The number of amides is 2. The van der Waals surface area contributed by atoms with Gasteiger partial charge in [0.15, 0.2) is 11.6 Å². The van der Waals surface area contributed by atoms with Gasteiger partial charge in [0.2, 0.25) is 5.91 Å². The standard InChI is InChI=1S/C18H21FN2O3/c1-4-16(22)20-8-18(9-20)10-21(11-18)17(23)13-5-6-15(14(19)7-13)24-12(2)3/h4-7,12H,1,8-11H2,2-3H3. The Morgan fingerprint density at radius 2 is 1.88 bits per heavy atom. The van der Waals surface area contributed by atoms with Crippen LogP contribution in [0.15, 0.2) is 30.9 Å². The molecule has 5 nitrogen and oxygen atoms in total. The molecule has 1 spiro atoms. The van der Waals surface area contributed by atoms with Crippen molar-refractivity contribution in [1.29, 1.82) is 0 Å². The van der Waals surface area contributed by atoms with Crippen LogP contribution in [0.2, 0.25) is 0 Å². The fraction of sp³-hybridized carbons (Fsp3) is 0.444. The zero-order valence-corrected chi connectivity index (χ0v) is 13.9. The summed E-state index contributed by atoms with van der Waals surface area (Å²) < 4.78 is 19.4. The summed E-state index contributed by atoms with van der Waals surface area (Å²) in [5, 5.41) is 0. The van der Waals surface area contributed by atoms with E-state index in [0.717, 1.165) is 0 Å². The number of ether oxygens (including phenoxy) is 1. The molecule has 0 radical (unpaired) electrons. The van der Waals surface area contributed by atoms with Crippen molar-refractivity contribution >= 4 is 11.8 Å². The van der Waals surface area contributed by atoms with Gasteiger partial charge >= 0.3 is 0 Å². The molecule has 24 heavy (non-hydrogen) atoms. The predicted molar refractivity (Wildman–Crippen MR) is 87.3 cm³/mol. The van der Waals surface area contributed by atoms with Gasteiger partial charge in [0, 0.05) is 37.2 Å². The molecular formula is C18H21FN2O3. The molecule has 6 heteroatoms. The van der Waals surface area contributed by atoms with Crippen LogP contribution in [-0.2, 0) is 4.79 Å². The smallest absolute Gasteiger partial charge is 0.254 e. The van der Waals surface area contributed by atoms with Crippen molar-refractivity contribution in [3.8, 4) is 5.75 Å². The maximum Gasteiger partial charge on any atom is 0.254 e. The van der Waals surface area contributed by atoms with Crippen molar-refractivity contribution in [2.45, 2.75) is 20.0 Å². The third-order valence-electron chi connectivity index (χ3n) is 4.42. The van der Waals surface area contributed by atoms with E-state index in [0.29, 0.717) is 31.7 Å². The van der Waals surface area contributed by atoms with Crippen LogP contribution in [0.1, 0.15) is 24.2 Å². The van der Waals surface area contributed by atoms with Crippen LogP contribution >= 0.6 is 0 Å². The minimum absolute atomic E-state index is 0.00751. The van der Waals surface area contributed by atoms with E-state index in [2.05, 4.69) is 6.58 Å². The molecule has 2 aliphatic heterocycles. The van der Waals surface area contributed by atoms with Gasteiger partial charge in [0.25, 0.3) is 5.91 Å². The monoisotopic (exact) mass is 332 g/mol. The van der Waals surface area contributed by atoms with Gasteiger partial charge in [0.1, 0.15) is 0 Å². The summed E-state index contributed by atoms with van der Waals surface area (Å²) in [6.45, 7) is 9.59. The van der Waals surface area contributed by atoms with E-state index in [9.17, 15) is 14.0 Å². The highest BCUT2D eigenvalue weighted by molar-refractivity contribution is 5.95. The Hall–Kier alpha value is -2.37. The number of halogens is 1. The first-order chi connectivity index (χ1) is 11.3. The Bertz CT molecular complexity index is 688. The molecule has 0 saturated carbocycles. The highest BCUT2D eigenvalue weighted by Gasteiger charge is 2.54. The predicted octanol–water partition coefficient (Wildman–Crippen LogP) is 2.08. The number of benzene rings is 1. The average Bonchev–Trinajstić information content (AvgIpc) is 2.45. The van der Waals surface area contributed by atoms with Crippen molar-refractivity contribution in [1.82, 2.24) is 9.80 Å². The molecule has 0 aromatic heterocycles. The van der Waals surface area contributed by atoms with Crippen molar-refractivity contribution in [2.75, 3.05) is 26.2 Å². The first-order valence-corrected chi connectivity index (χ1v) is 8.00. The lowest BCUT2D eigenvalue weighted by Crippen LogP contribution is -2.73. The Labute approximate surface area is 140 Å². The first-order valence-electron chi connectivity index (χ1n) is 8.00. The summed E-state index contributed by atoms with van der Waals surface area (Å²) in [6, 6.07) is 4.30. The maximum atomic E-state index is 14.0. The van der Waals surface area contributed by atoms with Crippen LogP contribution in [0, 0.1) is 11.2 Å². The lowest BCUT2D eigenvalue weighted by atomic mass is 9.72. The Kier molecular flexibility index (Phi) is 4.07. The van der Waals surface area contributed by atoms with Gasteiger partial charge in [-0.05, 0) is 38.1 Å². The van der Waals surface area contributed by atoms with Crippen LogP contribution in [-0.4, -0.2) is 53.9 Å². The topological polar surface area (TPSA) is 49.9 Å². The number of nitrogens with zero attached hydrogens (tertiary/aromatic N) is 2.